The molecule has 0 aliphatic rings. The van der Waals surface area contributed by atoms with Crippen LogP contribution in [0.15, 0.2) is 6.07 Å². The second-order valence-electron chi connectivity index (χ2n) is 3.93. The highest BCUT2D eigenvalue weighted by Gasteiger charge is 2.18. The fourth-order valence-electron chi connectivity index (χ4n) is 2.03. The highest BCUT2D eigenvalue weighted by molar-refractivity contribution is 5.89. The zero-order valence-corrected chi connectivity index (χ0v) is 9.95. The van der Waals surface area contributed by atoms with Crippen molar-refractivity contribution < 1.29 is 9.90 Å². The van der Waals surface area contributed by atoms with Crippen LogP contribution in [0.25, 0.3) is 0 Å². The summed E-state index contributed by atoms with van der Waals surface area (Å²) >= 11 is 0. The van der Waals surface area contributed by atoms with Gasteiger partial charge in [0.25, 0.3) is 0 Å². The molecule has 1 heterocycles. The van der Waals surface area contributed by atoms with Crippen molar-refractivity contribution in [2.45, 2.75) is 39.7 Å². The number of carbonyl (C=O) groups is 1. The predicted octanol–water partition coefficient (Wildman–Crippen LogP) is 2.78. The van der Waals surface area contributed by atoms with E-state index in [0.29, 0.717) is 5.56 Å². The second-order valence-corrected chi connectivity index (χ2v) is 3.93. The standard InChI is InChI=1S/C13H17NO2/c1-5-7-11(6-2)14-9(3)8-12(10(14)4)13(15)16/h2,8,11H,5,7H2,1,3-4H3,(H,15,16). The van der Waals surface area contributed by atoms with Crippen LogP contribution in [-0.2, 0) is 0 Å². The van der Waals surface area contributed by atoms with Gasteiger partial charge in [-0.3, -0.25) is 0 Å². The molecule has 0 bridgehead atoms. The van der Waals surface area contributed by atoms with Gasteiger partial charge in [-0.05, 0) is 26.3 Å². The van der Waals surface area contributed by atoms with Gasteiger partial charge < -0.3 is 9.67 Å². The Bertz CT molecular complexity index is 438. The highest BCUT2D eigenvalue weighted by atomic mass is 16.4. The molecule has 1 N–H and O–H groups in total. The third kappa shape index (κ3) is 2.11. The number of aromatic nitrogens is 1. The quantitative estimate of drug-likeness (QED) is 0.791. The maximum Gasteiger partial charge on any atom is 0.337 e. The van der Waals surface area contributed by atoms with Crippen molar-refractivity contribution in [2.75, 3.05) is 0 Å². The first-order valence-corrected chi connectivity index (χ1v) is 5.40. The van der Waals surface area contributed by atoms with E-state index >= 15 is 0 Å². The van der Waals surface area contributed by atoms with Crippen molar-refractivity contribution in [1.29, 1.82) is 0 Å². The van der Waals surface area contributed by atoms with Crippen LogP contribution in [0.1, 0.15) is 47.6 Å². The van der Waals surface area contributed by atoms with E-state index < -0.39 is 5.97 Å². The minimum absolute atomic E-state index is 0.0434. The molecule has 0 radical (unpaired) electrons. The molecule has 1 aromatic rings. The van der Waals surface area contributed by atoms with Crippen molar-refractivity contribution in [3.63, 3.8) is 0 Å². The molecule has 86 valence electrons. The van der Waals surface area contributed by atoms with Gasteiger partial charge in [0, 0.05) is 11.4 Å². The van der Waals surface area contributed by atoms with Crippen LogP contribution in [0.3, 0.4) is 0 Å². The largest absolute Gasteiger partial charge is 0.478 e. The highest BCUT2D eigenvalue weighted by Crippen LogP contribution is 2.23. The molecule has 0 fully saturated rings. The number of aryl methyl sites for hydroxylation is 1. The van der Waals surface area contributed by atoms with Gasteiger partial charge in [-0.2, -0.15) is 0 Å². The SMILES string of the molecule is C#CC(CCC)n1c(C)cc(C(=O)O)c1C. The van der Waals surface area contributed by atoms with Gasteiger partial charge in [-0.15, -0.1) is 6.42 Å². The summed E-state index contributed by atoms with van der Waals surface area (Å²) < 4.78 is 1.94. The fraction of sp³-hybridized carbons (Fsp3) is 0.462. The van der Waals surface area contributed by atoms with Crippen LogP contribution in [-0.4, -0.2) is 15.6 Å². The molecule has 1 atom stereocenters. The summed E-state index contributed by atoms with van der Waals surface area (Å²) in [6, 6.07) is 1.63. The zero-order valence-electron chi connectivity index (χ0n) is 9.95. The Morgan fingerprint density at radius 1 is 1.62 bits per heavy atom. The van der Waals surface area contributed by atoms with Crippen molar-refractivity contribution in [2.24, 2.45) is 0 Å². The Labute approximate surface area is 96.1 Å². The van der Waals surface area contributed by atoms with Crippen molar-refractivity contribution in [3.05, 3.63) is 23.0 Å². The van der Waals surface area contributed by atoms with Gasteiger partial charge >= 0.3 is 5.97 Å². The molecule has 0 aromatic carbocycles. The Balaban J connectivity index is 3.23. The Morgan fingerprint density at radius 3 is 2.62 bits per heavy atom. The third-order valence-electron chi connectivity index (χ3n) is 2.78. The first kappa shape index (κ1) is 12.4. The van der Waals surface area contributed by atoms with E-state index in [1.807, 2.05) is 11.5 Å². The first-order chi connectivity index (χ1) is 7.52. The summed E-state index contributed by atoms with van der Waals surface area (Å²) in [5.74, 6) is 1.83. The van der Waals surface area contributed by atoms with Crippen LogP contribution < -0.4 is 0 Å². The van der Waals surface area contributed by atoms with E-state index in [1.165, 1.54) is 0 Å². The normalized spacial score (nSPS) is 12.1. The summed E-state index contributed by atoms with van der Waals surface area (Å²) in [7, 11) is 0. The third-order valence-corrected chi connectivity index (χ3v) is 2.78. The molecule has 0 aliphatic carbocycles. The molecule has 0 amide bonds. The number of rotatable bonds is 4. The fourth-order valence-corrected chi connectivity index (χ4v) is 2.03. The van der Waals surface area contributed by atoms with Gasteiger partial charge in [0.1, 0.15) is 0 Å². The first-order valence-electron chi connectivity index (χ1n) is 5.40. The van der Waals surface area contributed by atoms with Crippen LogP contribution in [0.4, 0.5) is 0 Å². The number of carboxylic acids is 1. The zero-order chi connectivity index (χ0) is 12.3. The van der Waals surface area contributed by atoms with Gasteiger partial charge in [0.15, 0.2) is 0 Å². The minimum atomic E-state index is -0.897. The number of carboxylic acid groups (broad SMARTS) is 1. The van der Waals surface area contributed by atoms with Crippen LogP contribution in [0, 0.1) is 26.2 Å². The van der Waals surface area contributed by atoms with Gasteiger partial charge in [0.2, 0.25) is 0 Å². The molecule has 1 unspecified atom stereocenters. The van der Waals surface area contributed by atoms with Gasteiger partial charge in [0.05, 0.1) is 11.6 Å². The maximum atomic E-state index is 11.0. The summed E-state index contributed by atoms with van der Waals surface area (Å²) in [5.41, 5.74) is 1.99. The lowest BCUT2D eigenvalue weighted by atomic mass is 10.1. The molecule has 0 saturated carbocycles. The van der Waals surface area contributed by atoms with Gasteiger partial charge in [-0.1, -0.05) is 19.3 Å². The monoisotopic (exact) mass is 219 g/mol. The van der Waals surface area contributed by atoms with E-state index in [0.717, 1.165) is 24.2 Å². The Hall–Kier alpha value is -1.69. The smallest absolute Gasteiger partial charge is 0.337 e. The molecular formula is C13H17NO2. The van der Waals surface area contributed by atoms with Crippen LogP contribution in [0.5, 0.6) is 0 Å². The number of hydrogen-bond acceptors (Lipinski definition) is 1. The maximum absolute atomic E-state index is 11.0. The molecule has 1 rings (SSSR count). The molecular weight excluding hydrogens is 202 g/mol. The van der Waals surface area contributed by atoms with Crippen molar-refractivity contribution >= 4 is 5.97 Å². The topological polar surface area (TPSA) is 42.2 Å². The number of aromatic carboxylic acids is 1. The molecule has 16 heavy (non-hydrogen) atoms. The van der Waals surface area contributed by atoms with Gasteiger partial charge in [-0.25, -0.2) is 4.79 Å². The van der Waals surface area contributed by atoms with E-state index in [1.54, 1.807) is 13.0 Å². The molecule has 0 saturated heterocycles. The Kier molecular flexibility index (Phi) is 3.78. The van der Waals surface area contributed by atoms with E-state index in [9.17, 15) is 4.79 Å². The van der Waals surface area contributed by atoms with Crippen LogP contribution >= 0.6 is 0 Å². The lowest BCUT2D eigenvalue weighted by Crippen LogP contribution is -2.11. The molecule has 0 aliphatic heterocycles. The van der Waals surface area contributed by atoms with Crippen molar-refractivity contribution in [3.8, 4) is 12.3 Å². The lowest BCUT2D eigenvalue weighted by molar-refractivity contribution is 0.0696. The summed E-state index contributed by atoms with van der Waals surface area (Å²) in [6.45, 7) is 5.76. The summed E-state index contributed by atoms with van der Waals surface area (Å²) in [4.78, 5) is 11.0. The molecule has 3 nitrogen and oxygen atoms in total. The number of terminal acetylenes is 1. The summed E-state index contributed by atoms with van der Waals surface area (Å²) in [5, 5.41) is 9.02. The number of hydrogen-bond donors (Lipinski definition) is 1. The molecule has 0 spiro atoms. The lowest BCUT2D eigenvalue weighted by Gasteiger charge is -2.16. The predicted molar refractivity (Wildman–Crippen MR) is 63.6 cm³/mol. The van der Waals surface area contributed by atoms with E-state index in [-0.39, 0.29) is 6.04 Å². The van der Waals surface area contributed by atoms with Crippen LogP contribution in [0.2, 0.25) is 0 Å². The minimum Gasteiger partial charge on any atom is -0.478 e. The average molecular weight is 219 g/mol. The average Bonchev–Trinajstić information content (AvgIpc) is 2.52. The molecule has 3 heteroatoms. The second kappa shape index (κ2) is 4.89. The Morgan fingerprint density at radius 2 is 2.25 bits per heavy atom. The van der Waals surface area contributed by atoms with E-state index in [4.69, 9.17) is 11.5 Å². The van der Waals surface area contributed by atoms with E-state index in [2.05, 4.69) is 12.8 Å². The number of nitrogens with zero attached hydrogens (tertiary/aromatic N) is 1. The summed E-state index contributed by atoms with van der Waals surface area (Å²) in [6.07, 6.45) is 7.34. The van der Waals surface area contributed by atoms with Crippen molar-refractivity contribution in [1.82, 2.24) is 4.57 Å². The molecule has 1 aromatic heterocycles.